The van der Waals surface area contributed by atoms with Gasteiger partial charge in [-0.25, -0.2) is 0 Å². The summed E-state index contributed by atoms with van der Waals surface area (Å²) in [5, 5.41) is 5.06. The normalized spacial score (nSPS) is 11.0. The Balaban J connectivity index is 1.92. The highest BCUT2D eigenvalue weighted by atomic mass is 35.5. The third-order valence-electron chi connectivity index (χ3n) is 4.06. The van der Waals surface area contributed by atoms with Crippen molar-refractivity contribution in [3.63, 3.8) is 0 Å². The average Bonchev–Trinajstić information content (AvgIpc) is 3.00. The molecule has 0 saturated carbocycles. The summed E-state index contributed by atoms with van der Waals surface area (Å²) in [5.74, 6) is 0. The van der Waals surface area contributed by atoms with E-state index in [2.05, 4.69) is 46.8 Å². The predicted octanol–water partition coefficient (Wildman–Crippen LogP) is 4.85. The van der Waals surface area contributed by atoms with E-state index >= 15 is 0 Å². The third kappa shape index (κ3) is 3.44. The number of halogens is 1. The van der Waals surface area contributed by atoms with E-state index in [1.807, 2.05) is 12.1 Å². The molecule has 5 heteroatoms. The fourth-order valence-corrected chi connectivity index (χ4v) is 2.80. The summed E-state index contributed by atoms with van der Waals surface area (Å²) < 4.78 is 0. The maximum absolute atomic E-state index is 6.46. The van der Waals surface area contributed by atoms with Crippen LogP contribution in [-0.4, -0.2) is 15.0 Å². The Hall–Kier alpha value is -2.33. The van der Waals surface area contributed by atoms with Crippen LogP contribution in [0.3, 0.4) is 0 Å². The van der Waals surface area contributed by atoms with Crippen LogP contribution in [0.2, 0.25) is 5.02 Å². The Kier molecular flexibility index (Phi) is 4.86. The lowest BCUT2D eigenvalue weighted by atomic mass is 10.1. The van der Waals surface area contributed by atoms with E-state index in [0.717, 1.165) is 58.6 Å². The van der Waals surface area contributed by atoms with Crippen molar-refractivity contribution < 1.29 is 0 Å². The summed E-state index contributed by atoms with van der Waals surface area (Å²) in [7, 11) is 0. The molecule has 0 saturated heterocycles. The van der Waals surface area contributed by atoms with Crippen molar-refractivity contribution in [1.29, 1.82) is 0 Å². The van der Waals surface area contributed by atoms with Gasteiger partial charge in [-0.15, -0.1) is 0 Å². The fourth-order valence-electron chi connectivity index (χ4n) is 2.53. The smallest absolute Gasteiger partial charge is 0.0901 e. The topological polar surface area (TPSA) is 53.6 Å². The highest BCUT2D eigenvalue weighted by Crippen LogP contribution is 2.31. The minimum Gasteiger partial charge on any atom is -0.383 e. The number of H-pyrrole nitrogens is 1. The van der Waals surface area contributed by atoms with Crippen molar-refractivity contribution in [3.05, 3.63) is 59.3 Å². The zero-order valence-corrected chi connectivity index (χ0v) is 14.7. The second-order valence-corrected chi connectivity index (χ2v) is 6.18. The van der Waals surface area contributed by atoms with Gasteiger partial charge in [0.2, 0.25) is 0 Å². The van der Waals surface area contributed by atoms with Crippen LogP contribution >= 0.6 is 11.6 Å². The number of hydrogen-bond donors (Lipinski definition) is 2. The lowest BCUT2D eigenvalue weighted by Crippen LogP contribution is -2.11. The number of aromatic nitrogens is 3. The van der Waals surface area contributed by atoms with E-state index in [0.29, 0.717) is 5.02 Å². The second kappa shape index (κ2) is 7.05. The molecule has 0 radical (unpaired) electrons. The number of aromatic amines is 1. The molecule has 124 valence electrons. The first kappa shape index (κ1) is 16.5. The summed E-state index contributed by atoms with van der Waals surface area (Å²) in [6.07, 6.45) is 5.37. The molecular weight excluding hydrogens is 320 g/mol. The number of benzene rings is 1. The molecule has 24 heavy (non-hydrogen) atoms. The lowest BCUT2D eigenvalue weighted by molar-refractivity contribution is 0.764. The van der Waals surface area contributed by atoms with E-state index in [1.54, 1.807) is 12.4 Å². The first-order chi connectivity index (χ1) is 11.6. The second-order valence-electron chi connectivity index (χ2n) is 5.77. The van der Waals surface area contributed by atoms with Gasteiger partial charge in [0.05, 0.1) is 29.2 Å². The number of fused-ring (bicyclic) bond motifs is 1. The SMILES string of the molecule is C=C(CC)NCc1cc2cc(Cl)c(-c3cnc(CC)cn3)cc2[nH]1. The van der Waals surface area contributed by atoms with E-state index in [4.69, 9.17) is 11.6 Å². The van der Waals surface area contributed by atoms with Gasteiger partial charge >= 0.3 is 0 Å². The third-order valence-corrected chi connectivity index (χ3v) is 4.38. The number of allylic oxidation sites excluding steroid dienone is 1. The van der Waals surface area contributed by atoms with Crippen LogP contribution in [0, 0.1) is 0 Å². The maximum Gasteiger partial charge on any atom is 0.0901 e. The van der Waals surface area contributed by atoms with Crippen molar-refractivity contribution in [3.8, 4) is 11.3 Å². The average molecular weight is 341 g/mol. The molecular formula is C19H21ClN4. The molecule has 0 unspecified atom stereocenters. The van der Waals surface area contributed by atoms with Crippen molar-refractivity contribution in [2.45, 2.75) is 33.2 Å². The van der Waals surface area contributed by atoms with Gasteiger partial charge in [0.15, 0.2) is 0 Å². The Morgan fingerprint density at radius 2 is 2.04 bits per heavy atom. The maximum atomic E-state index is 6.46. The van der Waals surface area contributed by atoms with Crippen LogP contribution in [0.1, 0.15) is 31.7 Å². The Labute approximate surface area is 147 Å². The fraction of sp³-hybridized carbons (Fsp3) is 0.263. The molecule has 2 aromatic heterocycles. The zero-order valence-electron chi connectivity index (χ0n) is 14.0. The molecule has 2 heterocycles. The lowest BCUT2D eigenvalue weighted by Gasteiger charge is -2.05. The van der Waals surface area contributed by atoms with Crippen LogP contribution in [0.15, 0.2) is 42.9 Å². The van der Waals surface area contributed by atoms with Gasteiger partial charge in [0, 0.05) is 34.1 Å². The Morgan fingerprint density at radius 3 is 2.71 bits per heavy atom. The molecule has 0 aliphatic heterocycles. The number of hydrogen-bond acceptors (Lipinski definition) is 3. The molecule has 0 bridgehead atoms. The standard InChI is InChI=1S/C19H21ClN4/c1-4-12(3)21-10-15-6-13-7-17(20)16(8-18(13)24-15)19-11-22-14(5-2)9-23-19/h6-9,11,21,24H,3-5,10H2,1-2H3. The van der Waals surface area contributed by atoms with E-state index in [-0.39, 0.29) is 0 Å². The van der Waals surface area contributed by atoms with Crippen molar-refractivity contribution in [1.82, 2.24) is 20.3 Å². The van der Waals surface area contributed by atoms with Crippen LogP contribution in [-0.2, 0) is 13.0 Å². The zero-order chi connectivity index (χ0) is 17.1. The number of nitrogens with zero attached hydrogens (tertiary/aromatic N) is 2. The van der Waals surface area contributed by atoms with Crippen molar-refractivity contribution in [2.24, 2.45) is 0 Å². The van der Waals surface area contributed by atoms with Crippen molar-refractivity contribution in [2.75, 3.05) is 0 Å². The molecule has 0 atom stereocenters. The molecule has 0 aliphatic carbocycles. The highest BCUT2D eigenvalue weighted by molar-refractivity contribution is 6.34. The van der Waals surface area contributed by atoms with Gasteiger partial charge in [-0.2, -0.15) is 0 Å². The Bertz CT molecular complexity index is 865. The monoisotopic (exact) mass is 340 g/mol. The quantitative estimate of drug-likeness (QED) is 0.674. The van der Waals surface area contributed by atoms with Crippen LogP contribution in [0.25, 0.3) is 22.2 Å². The minimum atomic E-state index is 0.678. The van der Waals surface area contributed by atoms with Gasteiger partial charge in [-0.3, -0.25) is 9.97 Å². The van der Waals surface area contributed by atoms with Crippen LogP contribution in [0.4, 0.5) is 0 Å². The summed E-state index contributed by atoms with van der Waals surface area (Å²) >= 11 is 6.46. The molecule has 3 aromatic rings. The van der Waals surface area contributed by atoms with E-state index in [1.165, 1.54) is 0 Å². The Morgan fingerprint density at radius 1 is 1.21 bits per heavy atom. The van der Waals surface area contributed by atoms with E-state index in [9.17, 15) is 0 Å². The first-order valence-electron chi connectivity index (χ1n) is 8.14. The van der Waals surface area contributed by atoms with Gasteiger partial charge in [0.25, 0.3) is 0 Å². The number of nitrogens with one attached hydrogen (secondary N) is 2. The van der Waals surface area contributed by atoms with Gasteiger partial charge in [-0.05, 0) is 31.0 Å². The van der Waals surface area contributed by atoms with Crippen LogP contribution < -0.4 is 5.32 Å². The minimum absolute atomic E-state index is 0.678. The number of rotatable bonds is 6. The van der Waals surface area contributed by atoms with Crippen LogP contribution in [0.5, 0.6) is 0 Å². The van der Waals surface area contributed by atoms with Gasteiger partial charge < -0.3 is 10.3 Å². The van der Waals surface area contributed by atoms with Gasteiger partial charge in [0.1, 0.15) is 0 Å². The molecule has 2 N–H and O–H groups in total. The molecule has 4 nitrogen and oxygen atoms in total. The molecule has 1 aromatic carbocycles. The molecule has 3 rings (SSSR count). The summed E-state index contributed by atoms with van der Waals surface area (Å²) in [4.78, 5) is 12.3. The first-order valence-corrected chi connectivity index (χ1v) is 8.52. The summed E-state index contributed by atoms with van der Waals surface area (Å²) in [6, 6.07) is 6.11. The summed E-state index contributed by atoms with van der Waals surface area (Å²) in [6.45, 7) is 8.83. The highest BCUT2D eigenvalue weighted by Gasteiger charge is 2.10. The van der Waals surface area contributed by atoms with Gasteiger partial charge in [-0.1, -0.05) is 32.0 Å². The largest absolute Gasteiger partial charge is 0.383 e. The van der Waals surface area contributed by atoms with E-state index < -0.39 is 0 Å². The number of aryl methyl sites for hydroxylation is 1. The molecule has 0 aliphatic rings. The summed E-state index contributed by atoms with van der Waals surface area (Å²) in [5.41, 5.74) is 5.81. The predicted molar refractivity (Wildman–Crippen MR) is 100.0 cm³/mol. The molecule has 0 fully saturated rings. The van der Waals surface area contributed by atoms with Crippen molar-refractivity contribution >= 4 is 22.5 Å². The molecule has 0 spiro atoms. The molecule has 0 amide bonds.